The van der Waals surface area contributed by atoms with E-state index in [0.717, 1.165) is 19.0 Å². The smallest absolute Gasteiger partial charge is 0.377 e. The summed E-state index contributed by atoms with van der Waals surface area (Å²) in [5.74, 6) is 0.437. The summed E-state index contributed by atoms with van der Waals surface area (Å²) in [7, 11) is 1.75. The maximum absolute atomic E-state index is 12.8. The summed E-state index contributed by atoms with van der Waals surface area (Å²) in [5, 5.41) is 6.89. The van der Waals surface area contributed by atoms with Crippen molar-refractivity contribution in [2.45, 2.75) is 70.7 Å². The first-order valence-corrected chi connectivity index (χ1v) is 9.89. The van der Waals surface area contributed by atoms with E-state index in [1.807, 2.05) is 0 Å². The minimum absolute atomic E-state index is 0. The van der Waals surface area contributed by atoms with Crippen molar-refractivity contribution in [3.8, 4) is 0 Å². The highest BCUT2D eigenvalue weighted by Crippen LogP contribution is 2.51. The third kappa shape index (κ3) is 5.03. The van der Waals surface area contributed by atoms with Gasteiger partial charge in [-0.2, -0.15) is 13.2 Å². The third-order valence-electron chi connectivity index (χ3n) is 6.71. The first kappa shape index (κ1) is 23.0. The van der Waals surface area contributed by atoms with Crippen molar-refractivity contribution in [2.24, 2.45) is 28.2 Å². The molecule has 0 amide bonds. The number of nitrogens with one attached hydrogen (secondary N) is 2. The highest BCUT2D eigenvalue weighted by molar-refractivity contribution is 14.0. The van der Waals surface area contributed by atoms with Gasteiger partial charge in [0.2, 0.25) is 0 Å². The summed E-state index contributed by atoms with van der Waals surface area (Å²) in [6.07, 6.45) is 0.295. The molecule has 8 heteroatoms. The molecule has 3 fully saturated rings. The van der Waals surface area contributed by atoms with Gasteiger partial charge >= 0.3 is 6.18 Å². The number of ether oxygens (including phenoxy) is 1. The molecule has 3 unspecified atom stereocenters. The number of hydrogen-bond acceptors (Lipinski definition) is 2. The van der Waals surface area contributed by atoms with Crippen LogP contribution in [-0.2, 0) is 4.74 Å². The van der Waals surface area contributed by atoms with Gasteiger partial charge in [0.05, 0.1) is 12.0 Å². The van der Waals surface area contributed by atoms with E-state index in [4.69, 9.17) is 4.74 Å². The summed E-state index contributed by atoms with van der Waals surface area (Å²) in [4.78, 5) is 4.33. The van der Waals surface area contributed by atoms with Crippen LogP contribution in [-0.4, -0.2) is 44.5 Å². The molecular weight excluding hydrogens is 470 g/mol. The standard InChI is InChI=1S/C19H32F3N3O.HI/c1-18(2)15(14-5-4-10-26-16(14)18)25-17(23-3)24-11-12-6-8-13(9-7-12)19(20,21)22;/h12-16H,4-11H2,1-3H3,(H2,23,24,25);1H. The van der Waals surface area contributed by atoms with Crippen molar-refractivity contribution < 1.29 is 17.9 Å². The van der Waals surface area contributed by atoms with Gasteiger partial charge in [0, 0.05) is 37.6 Å². The molecule has 2 aliphatic carbocycles. The van der Waals surface area contributed by atoms with E-state index in [2.05, 4.69) is 29.5 Å². The number of hydrogen-bond donors (Lipinski definition) is 2. The van der Waals surface area contributed by atoms with Gasteiger partial charge in [-0.3, -0.25) is 4.99 Å². The van der Waals surface area contributed by atoms with Crippen LogP contribution in [0, 0.1) is 23.2 Å². The van der Waals surface area contributed by atoms with Crippen molar-refractivity contribution in [3.63, 3.8) is 0 Å². The zero-order chi connectivity index (χ0) is 18.9. The number of aliphatic imine (C=N–C) groups is 1. The number of rotatable bonds is 3. The molecule has 2 saturated carbocycles. The van der Waals surface area contributed by atoms with Gasteiger partial charge in [-0.05, 0) is 44.4 Å². The summed E-state index contributed by atoms with van der Waals surface area (Å²) in [6, 6.07) is 0.319. The van der Waals surface area contributed by atoms with Crippen LogP contribution in [0.2, 0.25) is 0 Å². The van der Waals surface area contributed by atoms with Crippen LogP contribution in [0.4, 0.5) is 13.2 Å². The SMILES string of the molecule is CN=C(NCC1CCC(C(F)(F)F)CC1)NC1C2CCCOC2C1(C)C.I. The molecule has 0 aromatic carbocycles. The molecule has 0 aromatic heterocycles. The average molecular weight is 503 g/mol. The van der Waals surface area contributed by atoms with Crippen molar-refractivity contribution in [1.82, 2.24) is 10.6 Å². The summed E-state index contributed by atoms with van der Waals surface area (Å²) in [6.45, 7) is 5.98. The van der Waals surface area contributed by atoms with E-state index in [1.54, 1.807) is 7.05 Å². The number of guanidine groups is 1. The van der Waals surface area contributed by atoms with Gasteiger partial charge in [0.15, 0.2) is 5.96 Å². The molecule has 1 aliphatic heterocycles. The molecule has 158 valence electrons. The monoisotopic (exact) mass is 503 g/mol. The lowest BCUT2D eigenvalue weighted by molar-refractivity contribution is -0.188. The summed E-state index contributed by atoms with van der Waals surface area (Å²) < 4.78 is 44.3. The zero-order valence-corrected chi connectivity index (χ0v) is 18.8. The Bertz CT molecular complexity index is 519. The van der Waals surface area contributed by atoms with E-state index < -0.39 is 12.1 Å². The largest absolute Gasteiger partial charge is 0.391 e. The minimum atomic E-state index is -4.04. The van der Waals surface area contributed by atoms with Crippen LogP contribution in [0.5, 0.6) is 0 Å². The van der Waals surface area contributed by atoms with Gasteiger partial charge in [0.25, 0.3) is 0 Å². The number of halogens is 4. The van der Waals surface area contributed by atoms with Crippen LogP contribution in [0.25, 0.3) is 0 Å². The average Bonchev–Trinajstić information content (AvgIpc) is 2.61. The van der Waals surface area contributed by atoms with Crippen molar-refractivity contribution in [2.75, 3.05) is 20.2 Å². The Morgan fingerprint density at radius 1 is 1.15 bits per heavy atom. The molecule has 4 nitrogen and oxygen atoms in total. The lowest BCUT2D eigenvalue weighted by atomic mass is 9.55. The van der Waals surface area contributed by atoms with Gasteiger partial charge in [0.1, 0.15) is 0 Å². The van der Waals surface area contributed by atoms with E-state index >= 15 is 0 Å². The fraction of sp³-hybridized carbons (Fsp3) is 0.947. The first-order valence-electron chi connectivity index (χ1n) is 9.89. The lowest BCUT2D eigenvalue weighted by Crippen LogP contribution is -2.71. The zero-order valence-electron chi connectivity index (χ0n) is 16.4. The van der Waals surface area contributed by atoms with Crippen LogP contribution in [0.1, 0.15) is 52.4 Å². The number of nitrogens with zero attached hydrogens (tertiary/aromatic N) is 1. The molecule has 2 N–H and O–H groups in total. The first-order chi connectivity index (χ1) is 12.2. The van der Waals surface area contributed by atoms with Crippen LogP contribution in [0.3, 0.4) is 0 Å². The maximum Gasteiger partial charge on any atom is 0.391 e. The van der Waals surface area contributed by atoms with Crippen molar-refractivity contribution in [1.29, 1.82) is 0 Å². The predicted molar refractivity (Wildman–Crippen MR) is 111 cm³/mol. The second kappa shape index (κ2) is 9.05. The molecule has 1 saturated heterocycles. The topological polar surface area (TPSA) is 45.7 Å². The molecule has 0 bridgehead atoms. The highest BCUT2D eigenvalue weighted by Gasteiger charge is 2.58. The number of alkyl halides is 3. The molecule has 27 heavy (non-hydrogen) atoms. The quantitative estimate of drug-likeness (QED) is 0.342. The Balaban J connectivity index is 0.00000261. The van der Waals surface area contributed by atoms with Gasteiger partial charge in [-0.1, -0.05) is 13.8 Å². The third-order valence-corrected chi connectivity index (χ3v) is 6.71. The normalized spacial score (nSPS) is 36.1. The minimum Gasteiger partial charge on any atom is -0.377 e. The highest BCUT2D eigenvalue weighted by atomic mass is 127. The van der Waals surface area contributed by atoms with Crippen molar-refractivity contribution >= 4 is 29.9 Å². The predicted octanol–water partition coefficient (Wildman–Crippen LogP) is 4.34. The number of fused-ring (bicyclic) bond motifs is 1. The summed E-state index contributed by atoms with van der Waals surface area (Å²) in [5.41, 5.74) is 0.0630. The molecule has 0 radical (unpaired) electrons. The van der Waals surface area contributed by atoms with E-state index in [1.165, 1.54) is 6.42 Å². The second-order valence-corrected chi connectivity index (χ2v) is 8.75. The molecule has 1 heterocycles. The maximum atomic E-state index is 12.8. The molecule has 3 aliphatic rings. The molecule has 0 spiro atoms. The Kier molecular flexibility index (Phi) is 7.72. The molecule has 3 rings (SSSR count). The van der Waals surface area contributed by atoms with Crippen LogP contribution in [0.15, 0.2) is 4.99 Å². The lowest BCUT2D eigenvalue weighted by Gasteiger charge is -2.60. The van der Waals surface area contributed by atoms with Crippen LogP contribution >= 0.6 is 24.0 Å². The van der Waals surface area contributed by atoms with Crippen molar-refractivity contribution in [3.05, 3.63) is 0 Å². The molecule has 0 aromatic rings. The summed E-state index contributed by atoms with van der Waals surface area (Å²) >= 11 is 0. The second-order valence-electron chi connectivity index (χ2n) is 8.75. The fourth-order valence-corrected chi connectivity index (χ4v) is 5.09. The fourth-order valence-electron chi connectivity index (χ4n) is 5.09. The Morgan fingerprint density at radius 2 is 1.81 bits per heavy atom. The molecular formula is C19H33F3IN3O. The van der Waals surface area contributed by atoms with E-state index in [9.17, 15) is 13.2 Å². The van der Waals surface area contributed by atoms with Crippen LogP contribution < -0.4 is 10.6 Å². The van der Waals surface area contributed by atoms with Gasteiger partial charge < -0.3 is 15.4 Å². The Morgan fingerprint density at radius 3 is 2.41 bits per heavy atom. The Hall–Kier alpha value is -0.250. The van der Waals surface area contributed by atoms with E-state index in [-0.39, 0.29) is 48.2 Å². The Labute approximate surface area is 177 Å². The van der Waals surface area contributed by atoms with E-state index in [0.29, 0.717) is 37.5 Å². The van der Waals surface area contributed by atoms with Gasteiger partial charge in [-0.15, -0.1) is 24.0 Å². The van der Waals surface area contributed by atoms with Gasteiger partial charge in [-0.25, -0.2) is 0 Å². The molecule has 3 atom stereocenters.